The first-order valence-corrected chi connectivity index (χ1v) is 3.91. The zero-order chi connectivity index (χ0) is 9.97. The molecule has 2 N–H and O–H groups in total. The summed E-state index contributed by atoms with van der Waals surface area (Å²) < 4.78 is 1.39. The molecule has 0 aliphatic heterocycles. The molecule has 0 aliphatic rings. The first-order chi connectivity index (χ1) is 6.77. The lowest BCUT2D eigenvalue weighted by molar-refractivity contribution is 0.0995. The van der Waals surface area contributed by atoms with E-state index in [1.807, 2.05) is 6.07 Å². The summed E-state index contributed by atoms with van der Waals surface area (Å²) >= 11 is 0. The molecule has 14 heavy (non-hydrogen) atoms. The first kappa shape index (κ1) is 8.36. The lowest BCUT2D eigenvalue weighted by Gasteiger charge is -1.95. The van der Waals surface area contributed by atoms with Crippen LogP contribution >= 0.6 is 0 Å². The molecule has 0 aromatic carbocycles. The SMILES string of the molecule is NC(=O)c1cn(-c2ccccn2)nn1. The highest BCUT2D eigenvalue weighted by atomic mass is 16.1. The summed E-state index contributed by atoms with van der Waals surface area (Å²) in [6.07, 6.45) is 3.06. The molecular weight excluding hydrogens is 182 g/mol. The molecule has 0 atom stereocenters. The Morgan fingerprint density at radius 3 is 2.86 bits per heavy atom. The van der Waals surface area contributed by atoms with Crippen LogP contribution in [0.2, 0.25) is 0 Å². The van der Waals surface area contributed by atoms with Crippen LogP contribution in [0.1, 0.15) is 10.5 Å². The summed E-state index contributed by atoms with van der Waals surface area (Å²) in [7, 11) is 0. The summed E-state index contributed by atoms with van der Waals surface area (Å²) in [6, 6.07) is 5.35. The van der Waals surface area contributed by atoms with Gasteiger partial charge in [-0.05, 0) is 12.1 Å². The average molecular weight is 189 g/mol. The molecule has 0 spiro atoms. The normalized spacial score (nSPS) is 10.0. The molecule has 2 rings (SSSR count). The lowest BCUT2D eigenvalue weighted by Crippen LogP contribution is -2.11. The van der Waals surface area contributed by atoms with Crippen molar-refractivity contribution in [1.29, 1.82) is 0 Å². The molecule has 0 radical (unpaired) electrons. The summed E-state index contributed by atoms with van der Waals surface area (Å²) in [4.78, 5) is 14.8. The van der Waals surface area contributed by atoms with Gasteiger partial charge in [0.05, 0.1) is 6.20 Å². The Balaban J connectivity index is 2.39. The van der Waals surface area contributed by atoms with Gasteiger partial charge in [-0.15, -0.1) is 5.10 Å². The molecule has 70 valence electrons. The predicted octanol–water partition coefficient (Wildman–Crippen LogP) is -0.239. The molecule has 0 bridgehead atoms. The average Bonchev–Trinajstić information content (AvgIpc) is 2.68. The molecule has 2 aromatic heterocycles. The molecule has 6 heteroatoms. The molecule has 2 aromatic rings. The van der Waals surface area contributed by atoms with Gasteiger partial charge in [0, 0.05) is 6.20 Å². The van der Waals surface area contributed by atoms with Gasteiger partial charge in [0.25, 0.3) is 5.91 Å². The number of rotatable bonds is 2. The Hall–Kier alpha value is -2.24. The smallest absolute Gasteiger partial charge is 0.270 e. The third-order valence-corrected chi connectivity index (χ3v) is 1.63. The van der Waals surface area contributed by atoms with Crippen LogP contribution in [0.25, 0.3) is 5.82 Å². The largest absolute Gasteiger partial charge is 0.364 e. The van der Waals surface area contributed by atoms with Gasteiger partial charge in [-0.25, -0.2) is 9.67 Å². The number of amides is 1. The van der Waals surface area contributed by atoms with Gasteiger partial charge in [-0.1, -0.05) is 11.3 Å². The number of carbonyl (C=O) groups excluding carboxylic acids is 1. The fraction of sp³-hybridized carbons (Fsp3) is 0. The topological polar surface area (TPSA) is 86.7 Å². The van der Waals surface area contributed by atoms with E-state index in [1.165, 1.54) is 10.9 Å². The van der Waals surface area contributed by atoms with E-state index in [0.717, 1.165) is 0 Å². The number of nitrogens with two attached hydrogens (primary N) is 1. The van der Waals surface area contributed by atoms with E-state index in [0.29, 0.717) is 5.82 Å². The van der Waals surface area contributed by atoms with Crippen LogP contribution in [0.4, 0.5) is 0 Å². The van der Waals surface area contributed by atoms with Crippen molar-refractivity contribution in [2.75, 3.05) is 0 Å². The second kappa shape index (κ2) is 3.25. The molecule has 2 heterocycles. The molecule has 0 saturated heterocycles. The third-order valence-electron chi connectivity index (χ3n) is 1.63. The van der Waals surface area contributed by atoms with Gasteiger partial charge in [-0.3, -0.25) is 4.79 Å². The van der Waals surface area contributed by atoms with Gasteiger partial charge in [-0.2, -0.15) is 0 Å². The van der Waals surface area contributed by atoms with Gasteiger partial charge in [0.15, 0.2) is 11.5 Å². The molecule has 6 nitrogen and oxygen atoms in total. The lowest BCUT2D eigenvalue weighted by atomic mass is 10.4. The van der Waals surface area contributed by atoms with Crippen LogP contribution < -0.4 is 5.73 Å². The van der Waals surface area contributed by atoms with Gasteiger partial charge in [0.1, 0.15) is 0 Å². The third kappa shape index (κ3) is 1.45. The van der Waals surface area contributed by atoms with Crippen LogP contribution in [-0.2, 0) is 0 Å². The van der Waals surface area contributed by atoms with Crippen molar-refractivity contribution < 1.29 is 4.79 Å². The Bertz CT molecular complexity index is 450. The number of hydrogen-bond donors (Lipinski definition) is 1. The second-order valence-corrected chi connectivity index (χ2v) is 2.60. The van der Waals surface area contributed by atoms with Crippen molar-refractivity contribution in [3.8, 4) is 5.82 Å². The van der Waals surface area contributed by atoms with Crippen LogP contribution in [0.3, 0.4) is 0 Å². The number of primary amides is 1. The molecular formula is C8H7N5O. The van der Waals surface area contributed by atoms with E-state index in [4.69, 9.17) is 5.73 Å². The van der Waals surface area contributed by atoms with Gasteiger partial charge in [0.2, 0.25) is 0 Å². The summed E-state index contributed by atoms with van der Waals surface area (Å²) in [5, 5.41) is 7.30. The van der Waals surface area contributed by atoms with Crippen LogP contribution in [0.5, 0.6) is 0 Å². The molecule has 0 unspecified atom stereocenters. The predicted molar refractivity (Wildman–Crippen MR) is 47.7 cm³/mol. The standard InChI is InChI=1S/C8H7N5O/c9-8(14)6-5-13(12-11-6)7-3-1-2-4-10-7/h1-5H,(H2,9,14). The Kier molecular flexibility index (Phi) is 1.94. The summed E-state index contributed by atoms with van der Waals surface area (Å²) in [5.74, 6) is -0.0142. The molecule has 0 saturated carbocycles. The highest BCUT2D eigenvalue weighted by Gasteiger charge is 2.07. The molecule has 0 aliphatic carbocycles. The van der Waals surface area contributed by atoms with Gasteiger partial charge < -0.3 is 5.73 Å². The fourth-order valence-electron chi connectivity index (χ4n) is 0.978. The van der Waals surface area contributed by atoms with Gasteiger partial charge >= 0.3 is 0 Å². The minimum atomic E-state index is -0.604. The number of hydrogen-bond acceptors (Lipinski definition) is 4. The maximum atomic E-state index is 10.7. The van der Waals surface area contributed by atoms with Crippen molar-refractivity contribution in [3.63, 3.8) is 0 Å². The maximum absolute atomic E-state index is 10.7. The first-order valence-electron chi connectivity index (χ1n) is 3.91. The van der Waals surface area contributed by atoms with Crippen LogP contribution in [0.15, 0.2) is 30.6 Å². The zero-order valence-corrected chi connectivity index (χ0v) is 7.16. The quantitative estimate of drug-likeness (QED) is 0.706. The van der Waals surface area contributed by atoms with E-state index < -0.39 is 5.91 Å². The Morgan fingerprint density at radius 2 is 2.29 bits per heavy atom. The van der Waals surface area contributed by atoms with E-state index in [2.05, 4.69) is 15.3 Å². The van der Waals surface area contributed by atoms with Crippen molar-refractivity contribution in [3.05, 3.63) is 36.3 Å². The van der Waals surface area contributed by atoms with Crippen LogP contribution in [-0.4, -0.2) is 25.9 Å². The van der Waals surface area contributed by atoms with Crippen molar-refractivity contribution in [1.82, 2.24) is 20.0 Å². The number of pyridine rings is 1. The zero-order valence-electron chi connectivity index (χ0n) is 7.16. The maximum Gasteiger partial charge on any atom is 0.270 e. The number of aromatic nitrogens is 4. The fourth-order valence-corrected chi connectivity index (χ4v) is 0.978. The second-order valence-electron chi connectivity index (χ2n) is 2.60. The highest BCUT2D eigenvalue weighted by molar-refractivity contribution is 5.90. The minimum Gasteiger partial charge on any atom is -0.364 e. The Morgan fingerprint density at radius 1 is 1.43 bits per heavy atom. The molecule has 1 amide bonds. The van der Waals surface area contributed by atoms with E-state index in [9.17, 15) is 4.79 Å². The monoisotopic (exact) mass is 189 g/mol. The van der Waals surface area contributed by atoms with Crippen molar-refractivity contribution >= 4 is 5.91 Å². The summed E-state index contributed by atoms with van der Waals surface area (Å²) in [6.45, 7) is 0. The van der Waals surface area contributed by atoms with E-state index in [-0.39, 0.29) is 5.69 Å². The Labute approximate surface area is 79.4 Å². The minimum absolute atomic E-state index is 0.121. The number of nitrogens with zero attached hydrogens (tertiary/aromatic N) is 4. The van der Waals surface area contributed by atoms with E-state index >= 15 is 0 Å². The summed E-state index contributed by atoms with van der Waals surface area (Å²) in [5.41, 5.74) is 5.15. The van der Waals surface area contributed by atoms with Crippen LogP contribution in [0, 0.1) is 0 Å². The highest BCUT2D eigenvalue weighted by Crippen LogP contribution is 2.01. The number of carbonyl (C=O) groups is 1. The van der Waals surface area contributed by atoms with Crippen molar-refractivity contribution in [2.24, 2.45) is 5.73 Å². The molecule has 0 fully saturated rings. The van der Waals surface area contributed by atoms with E-state index in [1.54, 1.807) is 18.3 Å². The van der Waals surface area contributed by atoms with Crippen molar-refractivity contribution in [2.45, 2.75) is 0 Å².